The first-order chi connectivity index (χ1) is 4.63. The molecule has 0 spiro atoms. The van der Waals surface area contributed by atoms with Crippen molar-refractivity contribution < 1.29 is 8.78 Å². The minimum atomic E-state index is -0.667. The third kappa shape index (κ3) is 1.80. The molecule has 4 heteroatoms. The summed E-state index contributed by atoms with van der Waals surface area (Å²) in [6, 6.07) is 2.35. The molecule has 1 aromatic rings. The molecule has 2 N–H and O–H groups in total. The maximum absolute atomic E-state index is 12.6. The van der Waals surface area contributed by atoms with Gasteiger partial charge in [-0.3, -0.25) is 0 Å². The maximum Gasteiger partial charge on any atom is 0.151 e. The zero-order chi connectivity index (χ0) is 7.72. The Morgan fingerprint density at radius 3 is 2.27 bits per heavy atom. The summed E-state index contributed by atoms with van der Waals surface area (Å²) in [6.07, 6.45) is 0. The van der Waals surface area contributed by atoms with Crippen molar-refractivity contribution in [3.8, 4) is 0 Å². The zero-order valence-corrected chi connectivity index (χ0v) is 6.71. The molecule has 0 saturated carbocycles. The Morgan fingerprint density at radius 1 is 1.27 bits per heavy atom. The summed E-state index contributed by atoms with van der Waals surface area (Å²) < 4.78 is 25.1. The molecule has 11 heavy (non-hydrogen) atoms. The van der Waals surface area contributed by atoms with Gasteiger partial charge in [0, 0.05) is 5.56 Å². The van der Waals surface area contributed by atoms with Crippen LogP contribution in [-0.2, 0) is 0 Å². The molecule has 0 unspecified atom stereocenters. The second-order valence-electron chi connectivity index (χ2n) is 2.08. The molecule has 0 bridgehead atoms. The second-order valence-corrected chi connectivity index (χ2v) is 2.08. The second kappa shape index (κ2) is 3.53. The number of benzene rings is 1. The van der Waals surface area contributed by atoms with E-state index in [1.165, 1.54) is 13.0 Å². The first-order valence-electron chi connectivity index (χ1n) is 2.83. The molecule has 0 amide bonds. The van der Waals surface area contributed by atoms with Crippen molar-refractivity contribution in [2.45, 2.75) is 6.92 Å². The average Bonchev–Trinajstić information content (AvgIpc) is 1.93. The van der Waals surface area contributed by atoms with E-state index in [1.807, 2.05) is 0 Å². The van der Waals surface area contributed by atoms with Crippen molar-refractivity contribution in [2.24, 2.45) is 0 Å². The van der Waals surface area contributed by atoms with Gasteiger partial charge in [0.25, 0.3) is 0 Å². The first-order valence-corrected chi connectivity index (χ1v) is 2.83. The zero-order valence-electron chi connectivity index (χ0n) is 5.90. The number of nitrogens with two attached hydrogens (primary N) is 1. The van der Waals surface area contributed by atoms with E-state index in [1.54, 1.807) is 0 Å². The van der Waals surface area contributed by atoms with Crippen molar-refractivity contribution in [2.75, 3.05) is 5.73 Å². The van der Waals surface area contributed by atoms with Crippen LogP contribution in [0, 0.1) is 18.6 Å². The highest BCUT2D eigenvalue weighted by atomic mass is 35.5. The van der Waals surface area contributed by atoms with Crippen molar-refractivity contribution in [3.05, 3.63) is 29.3 Å². The maximum atomic E-state index is 12.6. The lowest BCUT2D eigenvalue weighted by Crippen LogP contribution is -1.95. The van der Waals surface area contributed by atoms with Crippen LogP contribution in [0.5, 0.6) is 0 Å². The molecule has 0 aliphatic rings. The van der Waals surface area contributed by atoms with E-state index in [0.717, 1.165) is 6.07 Å². The summed E-state index contributed by atoms with van der Waals surface area (Å²) in [6.45, 7) is 1.35. The molecular formula is C7H8ClF2N. The van der Waals surface area contributed by atoms with Crippen LogP contribution in [0.15, 0.2) is 12.1 Å². The van der Waals surface area contributed by atoms with E-state index in [0.29, 0.717) is 0 Å². The molecule has 1 rings (SSSR count). The topological polar surface area (TPSA) is 26.0 Å². The first kappa shape index (κ1) is 10.2. The summed E-state index contributed by atoms with van der Waals surface area (Å²) in [7, 11) is 0. The van der Waals surface area contributed by atoms with Gasteiger partial charge in [0.1, 0.15) is 5.82 Å². The van der Waals surface area contributed by atoms with Crippen LogP contribution in [0.25, 0.3) is 0 Å². The molecule has 0 aliphatic heterocycles. The van der Waals surface area contributed by atoms with E-state index >= 15 is 0 Å². The molecule has 0 fully saturated rings. The Kier molecular flexibility index (Phi) is 3.26. The Hall–Kier alpha value is -0.830. The molecule has 1 aromatic carbocycles. The minimum absolute atomic E-state index is 0. The fraction of sp³-hybridized carbons (Fsp3) is 0.143. The van der Waals surface area contributed by atoms with Gasteiger partial charge in [0.05, 0.1) is 5.69 Å². The molecule has 0 aromatic heterocycles. The van der Waals surface area contributed by atoms with Crippen LogP contribution in [0.2, 0.25) is 0 Å². The molecular weight excluding hydrogens is 172 g/mol. The largest absolute Gasteiger partial charge is 0.396 e. The Morgan fingerprint density at radius 2 is 1.82 bits per heavy atom. The molecule has 1 nitrogen and oxygen atoms in total. The molecule has 0 saturated heterocycles. The van der Waals surface area contributed by atoms with Crippen molar-refractivity contribution in [1.29, 1.82) is 0 Å². The molecule has 0 atom stereocenters. The van der Waals surface area contributed by atoms with Gasteiger partial charge in [-0.05, 0) is 19.1 Å². The van der Waals surface area contributed by atoms with Gasteiger partial charge in [0.2, 0.25) is 0 Å². The Bertz CT molecular complexity index is 236. The van der Waals surface area contributed by atoms with Crippen LogP contribution in [-0.4, -0.2) is 0 Å². The number of nitrogen functional groups attached to an aromatic ring is 1. The van der Waals surface area contributed by atoms with Gasteiger partial charge < -0.3 is 5.73 Å². The Balaban J connectivity index is 0.000001000. The lowest BCUT2D eigenvalue weighted by Gasteiger charge is -1.99. The van der Waals surface area contributed by atoms with Crippen molar-refractivity contribution in [1.82, 2.24) is 0 Å². The van der Waals surface area contributed by atoms with Gasteiger partial charge in [-0.25, -0.2) is 8.78 Å². The van der Waals surface area contributed by atoms with Crippen LogP contribution >= 0.6 is 12.4 Å². The highest BCUT2D eigenvalue weighted by molar-refractivity contribution is 5.85. The third-order valence-corrected chi connectivity index (χ3v) is 1.35. The van der Waals surface area contributed by atoms with Gasteiger partial charge in [0.15, 0.2) is 5.82 Å². The number of hydrogen-bond donors (Lipinski definition) is 1. The molecule has 0 aliphatic carbocycles. The quantitative estimate of drug-likeness (QED) is 0.608. The molecule has 62 valence electrons. The van der Waals surface area contributed by atoms with Crippen LogP contribution < -0.4 is 5.73 Å². The highest BCUT2D eigenvalue weighted by Crippen LogP contribution is 2.16. The minimum Gasteiger partial charge on any atom is -0.396 e. The van der Waals surface area contributed by atoms with Gasteiger partial charge in [-0.2, -0.15) is 0 Å². The van der Waals surface area contributed by atoms with Crippen LogP contribution in [0.1, 0.15) is 5.56 Å². The molecule has 0 radical (unpaired) electrons. The summed E-state index contributed by atoms with van der Waals surface area (Å²) >= 11 is 0. The fourth-order valence-corrected chi connectivity index (χ4v) is 0.682. The van der Waals surface area contributed by atoms with Crippen LogP contribution in [0.3, 0.4) is 0 Å². The number of halogens is 3. The number of hydrogen-bond acceptors (Lipinski definition) is 1. The predicted octanol–water partition coefficient (Wildman–Crippen LogP) is 2.28. The summed E-state index contributed by atoms with van der Waals surface area (Å²) in [5, 5.41) is 0. The normalized spacial score (nSPS) is 9.00. The van der Waals surface area contributed by atoms with E-state index in [4.69, 9.17) is 5.73 Å². The highest BCUT2D eigenvalue weighted by Gasteiger charge is 2.05. The third-order valence-electron chi connectivity index (χ3n) is 1.35. The van der Waals surface area contributed by atoms with Gasteiger partial charge >= 0.3 is 0 Å². The lowest BCUT2D eigenvalue weighted by molar-refractivity contribution is 0.571. The predicted molar refractivity (Wildman–Crippen MR) is 42.8 cm³/mol. The van der Waals surface area contributed by atoms with Crippen LogP contribution in [0.4, 0.5) is 14.5 Å². The van der Waals surface area contributed by atoms with Crippen molar-refractivity contribution >= 4 is 18.1 Å². The summed E-state index contributed by atoms with van der Waals surface area (Å²) in [4.78, 5) is 0. The smallest absolute Gasteiger partial charge is 0.151 e. The fourth-order valence-electron chi connectivity index (χ4n) is 0.682. The van der Waals surface area contributed by atoms with Gasteiger partial charge in [-0.15, -0.1) is 12.4 Å². The van der Waals surface area contributed by atoms with E-state index < -0.39 is 11.6 Å². The SMILES string of the molecule is Cc1c(F)ccc(N)c1F.Cl. The van der Waals surface area contributed by atoms with Crippen molar-refractivity contribution in [3.63, 3.8) is 0 Å². The van der Waals surface area contributed by atoms with E-state index in [-0.39, 0.29) is 23.7 Å². The lowest BCUT2D eigenvalue weighted by atomic mass is 10.2. The number of rotatable bonds is 0. The summed E-state index contributed by atoms with van der Waals surface area (Å²) in [5.74, 6) is -1.23. The standard InChI is InChI=1S/C7H7F2N.ClH/c1-4-5(8)2-3-6(10)7(4)9;/h2-3H,10H2,1H3;1H. The van der Waals surface area contributed by atoms with E-state index in [9.17, 15) is 8.78 Å². The van der Waals surface area contributed by atoms with Gasteiger partial charge in [-0.1, -0.05) is 0 Å². The number of anilines is 1. The summed E-state index contributed by atoms with van der Waals surface area (Å²) in [5.41, 5.74) is 5.11. The molecule has 0 heterocycles. The monoisotopic (exact) mass is 179 g/mol. The van der Waals surface area contributed by atoms with E-state index in [2.05, 4.69) is 0 Å². The Labute approximate surface area is 69.6 Å². The average molecular weight is 180 g/mol.